The van der Waals surface area contributed by atoms with Gasteiger partial charge in [-0.3, -0.25) is 0 Å². The molecule has 0 aliphatic carbocycles. The molecule has 0 unspecified atom stereocenters. The van der Waals surface area contributed by atoms with Gasteiger partial charge in [0.05, 0.1) is 0 Å². The Morgan fingerprint density at radius 1 is 0.250 bits per heavy atom. The molecule has 4 aromatic carbocycles. The van der Waals surface area contributed by atoms with Crippen molar-refractivity contribution < 1.29 is 0 Å². The lowest BCUT2D eigenvalue weighted by Gasteiger charge is -1.82. The van der Waals surface area contributed by atoms with E-state index in [2.05, 4.69) is 143 Å². The molecule has 0 spiro atoms. The summed E-state index contributed by atoms with van der Waals surface area (Å²) in [6, 6.07) is 42.2. The molecule has 4 heteroatoms. The van der Waals surface area contributed by atoms with Gasteiger partial charge in [-0.25, -0.2) is 0 Å². The minimum atomic E-state index is 1.35. The lowest BCUT2D eigenvalue weighted by atomic mass is 10.3. The molecule has 8 aromatic rings. The molecular weight excluding hydrogens is 513 g/mol. The summed E-state index contributed by atoms with van der Waals surface area (Å²) < 4.78 is 5.49. The third-order valence-electron chi connectivity index (χ3n) is 5.45. The van der Waals surface area contributed by atoms with Crippen LogP contribution in [-0.4, -0.2) is 0 Å². The monoisotopic (exact) mass is 536 g/mol. The van der Waals surface area contributed by atoms with Gasteiger partial charge in [0.15, 0.2) is 0 Å². The van der Waals surface area contributed by atoms with Crippen LogP contribution in [0, 0.1) is 0 Å². The van der Waals surface area contributed by atoms with Crippen LogP contribution in [0.3, 0.4) is 0 Å². The first kappa shape index (κ1) is 24.4. The Balaban J connectivity index is 0.0000000988. The molecular formula is C32H24S4. The van der Waals surface area contributed by atoms with Gasteiger partial charge in [-0.15, -0.1) is 45.3 Å². The third kappa shape index (κ3) is 6.48. The molecule has 0 nitrogen and oxygen atoms in total. The second kappa shape index (κ2) is 12.6. The number of thiophene rings is 4. The van der Waals surface area contributed by atoms with Crippen molar-refractivity contribution in [1.82, 2.24) is 0 Å². The predicted molar refractivity (Wildman–Crippen MR) is 167 cm³/mol. The van der Waals surface area contributed by atoms with Crippen LogP contribution in [0.25, 0.3) is 40.3 Å². The Kier molecular flexibility index (Phi) is 8.55. The van der Waals surface area contributed by atoms with Crippen molar-refractivity contribution in [3.63, 3.8) is 0 Å². The summed E-state index contributed by atoms with van der Waals surface area (Å²) in [5, 5.41) is 13.9. The van der Waals surface area contributed by atoms with Crippen molar-refractivity contribution in [2.24, 2.45) is 0 Å². The zero-order valence-corrected chi connectivity index (χ0v) is 22.8. The summed E-state index contributed by atoms with van der Waals surface area (Å²) in [5.74, 6) is 0. The number of hydrogen-bond donors (Lipinski definition) is 0. The number of benzene rings is 4. The Bertz CT molecular complexity index is 1380. The van der Waals surface area contributed by atoms with E-state index in [4.69, 9.17) is 0 Å². The highest BCUT2D eigenvalue weighted by Crippen LogP contribution is 2.21. The Labute approximate surface area is 227 Å². The molecule has 0 aliphatic rings. The summed E-state index contributed by atoms with van der Waals surface area (Å²) in [7, 11) is 0. The van der Waals surface area contributed by atoms with Gasteiger partial charge in [0.1, 0.15) is 0 Å². The molecule has 36 heavy (non-hydrogen) atoms. The number of hydrogen-bond acceptors (Lipinski definition) is 4. The van der Waals surface area contributed by atoms with Gasteiger partial charge >= 0.3 is 0 Å². The summed E-state index contributed by atoms with van der Waals surface area (Å²) in [4.78, 5) is 0. The van der Waals surface area contributed by atoms with E-state index >= 15 is 0 Å². The molecule has 0 amide bonds. The van der Waals surface area contributed by atoms with Crippen molar-refractivity contribution in [2.45, 2.75) is 0 Å². The zero-order chi connectivity index (χ0) is 24.4. The molecule has 0 saturated heterocycles. The van der Waals surface area contributed by atoms with E-state index in [9.17, 15) is 0 Å². The van der Waals surface area contributed by atoms with Crippen molar-refractivity contribution >= 4 is 85.7 Å². The van der Waals surface area contributed by atoms with Crippen LogP contribution in [0.5, 0.6) is 0 Å². The van der Waals surface area contributed by atoms with E-state index in [-0.39, 0.29) is 0 Å². The zero-order valence-electron chi connectivity index (χ0n) is 19.5. The molecule has 0 fully saturated rings. The van der Waals surface area contributed by atoms with Crippen LogP contribution in [0.2, 0.25) is 0 Å². The Hall–Kier alpha value is -3.28. The second-order valence-electron chi connectivity index (χ2n) is 7.83. The van der Waals surface area contributed by atoms with Crippen LogP contribution >= 0.6 is 45.3 Å². The van der Waals surface area contributed by atoms with Gasteiger partial charge in [0.2, 0.25) is 0 Å². The van der Waals surface area contributed by atoms with E-state index in [0.29, 0.717) is 0 Å². The molecule has 0 atom stereocenters. The van der Waals surface area contributed by atoms with Gasteiger partial charge in [0, 0.05) is 18.8 Å². The topological polar surface area (TPSA) is 0 Å². The van der Waals surface area contributed by atoms with Crippen molar-refractivity contribution in [3.8, 4) is 0 Å². The summed E-state index contributed by atoms with van der Waals surface area (Å²) >= 11 is 7.15. The molecule has 0 radical (unpaired) electrons. The van der Waals surface area contributed by atoms with E-state index in [0.717, 1.165) is 0 Å². The predicted octanol–water partition coefficient (Wildman–Crippen LogP) is 11.6. The maximum Gasteiger partial charge on any atom is 0.0342 e. The van der Waals surface area contributed by atoms with Crippen molar-refractivity contribution in [3.05, 3.63) is 143 Å². The highest BCUT2D eigenvalue weighted by molar-refractivity contribution is 7.18. The highest BCUT2D eigenvalue weighted by Gasteiger charge is 1.90. The summed E-state index contributed by atoms with van der Waals surface area (Å²) in [6.45, 7) is 0. The Morgan fingerprint density at radius 3 is 0.694 bits per heavy atom. The van der Waals surface area contributed by atoms with E-state index in [1.165, 1.54) is 40.3 Å². The number of rotatable bonds is 0. The normalized spacial score (nSPS) is 10.2. The van der Waals surface area contributed by atoms with Gasteiger partial charge < -0.3 is 0 Å². The van der Waals surface area contributed by atoms with Crippen molar-refractivity contribution in [2.75, 3.05) is 0 Å². The lowest BCUT2D eigenvalue weighted by molar-refractivity contribution is 1.86. The average Bonchev–Trinajstić information content (AvgIpc) is 3.76. The van der Waals surface area contributed by atoms with E-state index < -0.39 is 0 Å². The summed E-state index contributed by atoms with van der Waals surface area (Å²) in [5.41, 5.74) is 0. The Morgan fingerprint density at radius 2 is 0.472 bits per heavy atom. The van der Waals surface area contributed by atoms with Crippen LogP contribution < -0.4 is 0 Å². The van der Waals surface area contributed by atoms with Crippen LogP contribution in [0.4, 0.5) is 0 Å². The fourth-order valence-corrected chi connectivity index (χ4v) is 6.79. The maximum atomic E-state index is 2.14. The first-order chi connectivity index (χ1) is 17.9. The SMILES string of the molecule is c1ccc2sccc2c1.c1ccc2sccc2c1.c1ccc2sccc2c1.c1ccc2sccc2c1. The maximum absolute atomic E-state index is 2.14. The minimum Gasteiger partial charge on any atom is -0.144 e. The average molecular weight is 537 g/mol. The van der Waals surface area contributed by atoms with E-state index in [1.807, 2.05) is 0 Å². The standard InChI is InChI=1S/4C8H6S/c4*1-2-4-8-7(3-1)5-6-9-8/h4*1-6H. The highest BCUT2D eigenvalue weighted by atomic mass is 32.1. The van der Waals surface area contributed by atoms with Crippen LogP contribution in [0.15, 0.2) is 143 Å². The van der Waals surface area contributed by atoms with Gasteiger partial charge in [-0.2, -0.15) is 0 Å². The summed E-state index contributed by atoms with van der Waals surface area (Å²) in [6.07, 6.45) is 0. The minimum absolute atomic E-state index is 1.35. The molecule has 0 N–H and O–H groups in total. The van der Waals surface area contributed by atoms with Gasteiger partial charge in [0.25, 0.3) is 0 Å². The molecule has 0 saturated carbocycles. The molecule has 8 rings (SSSR count). The molecule has 0 aliphatic heterocycles. The fraction of sp³-hybridized carbons (Fsp3) is 0. The molecule has 0 bridgehead atoms. The first-order valence-corrected chi connectivity index (χ1v) is 15.1. The molecule has 4 aromatic heterocycles. The molecule has 176 valence electrons. The first-order valence-electron chi connectivity index (χ1n) is 11.6. The number of fused-ring (bicyclic) bond motifs is 4. The smallest absolute Gasteiger partial charge is 0.0342 e. The van der Waals surface area contributed by atoms with Crippen molar-refractivity contribution in [1.29, 1.82) is 0 Å². The van der Waals surface area contributed by atoms with Gasteiger partial charge in [-0.1, -0.05) is 72.8 Å². The fourth-order valence-electron chi connectivity index (χ4n) is 3.62. The quantitative estimate of drug-likeness (QED) is 0.181. The van der Waals surface area contributed by atoms with E-state index in [1.54, 1.807) is 45.3 Å². The van der Waals surface area contributed by atoms with Crippen LogP contribution in [0.1, 0.15) is 0 Å². The second-order valence-corrected chi connectivity index (χ2v) is 11.6. The molecule has 4 heterocycles. The lowest BCUT2D eigenvalue weighted by Crippen LogP contribution is -1.56. The third-order valence-corrected chi connectivity index (χ3v) is 9.04. The van der Waals surface area contributed by atoms with Crippen LogP contribution in [-0.2, 0) is 0 Å². The largest absolute Gasteiger partial charge is 0.144 e. The van der Waals surface area contributed by atoms with Gasteiger partial charge in [-0.05, 0) is 91.6 Å².